The summed E-state index contributed by atoms with van der Waals surface area (Å²) in [6, 6.07) is 42.2. The van der Waals surface area contributed by atoms with Gasteiger partial charge in [0.1, 0.15) is 0 Å². The Labute approximate surface area is 248 Å². The van der Waals surface area contributed by atoms with Crippen LogP contribution in [0.3, 0.4) is 0 Å². The van der Waals surface area contributed by atoms with Crippen LogP contribution < -0.4 is 4.90 Å². The largest absolute Gasteiger partial charge is 0.363 e. The van der Waals surface area contributed by atoms with E-state index in [0.29, 0.717) is 0 Å². The van der Waals surface area contributed by atoms with Gasteiger partial charge in [-0.25, -0.2) is 0 Å². The highest BCUT2D eigenvalue weighted by Gasteiger charge is 2.62. The summed E-state index contributed by atoms with van der Waals surface area (Å²) >= 11 is 0. The van der Waals surface area contributed by atoms with Crippen LogP contribution in [0.15, 0.2) is 133 Å². The zero-order valence-corrected chi connectivity index (χ0v) is 24.6. The number of aryl methyl sites for hydroxylation is 1. The van der Waals surface area contributed by atoms with Crippen LogP contribution in [0.2, 0.25) is 0 Å². The van der Waals surface area contributed by atoms with E-state index in [-0.39, 0.29) is 5.78 Å². The number of benzene rings is 5. The highest BCUT2D eigenvalue weighted by molar-refractivity contribution is 6.11. The Bertz CT molecular complexity index is 1880. The molecule has 1 spiro atoms. The van der Waals surface area contributed by atoms with Crippen LogP contribution in [0.4, 0.5) is 5.69 Å². The zero-order valence-electron chi connectivity index (χ0n) is 24.6. The van der Waals surface area contributed by atoms with Gasteiger partial charge in [-0.1, -0.05) is 141 Å². The molecule has 0 N–H and O–H groups in total. The van der Waals surface area contributed by atoms with Gasteiger partial charge in [-0.2, -0.15) is 0 Å². The van der Waals surface area contributed by atoms with Crippen LogP contribution in [0, 0.1) is 12.8 Å². The molecule has 0 fully saturated rings. The Morgan fingerprint density at radius 1 is 0.714 bits per heavy atom. The lowest BCUT2D eigenvalue weighted by Gasteiger charge is -2.52. The summed E-state index contributed by atoms with van der Waals surface area (Å²) in [6.07, 6.45) is 4.67. The van der Waals surface area contributed by atoms with Crippen LogP contribution in [-0.2, 0) is 5.41 Å². The standard InChI is InChI=1S/C40H35NO/c1-27-19-21-30(22-20-27)34-25-32(28-13-7-5-8-14-28)26-40(36(34)38(42)31-16-9-6-10-17-31)39(2,3)35-24-23-29-15-11-12-18-33(29)37(35)41(40)4/h5-26,36H,1-4H3. The number of ketones is 1. The molecule has 1 aliphatic carbocycles. The number of fused-ring (bicyclic) bond motifs is 3. The Morgan fingerprint density at radius 3 is 2.07 bits per heavy atom. The number of rotatable bonds is 4. The quantitative estimate of drug-likeness (QED) is 0.210. The van der Waals surface area contributed by atoms with Crippen molar-refractivity contribution in [1.82, 2.24) is 0 Å². The van der Waals surface area contributed by atoms with Gasteiger partial charge in [0, 0.05) is 29.1 Å². The molecule has 0 saturated carbocycles. The van der Waals surface area contributed by atoms with Crippen molar-refractivity contribution in [3.8, 4) is 0 Å². The third-order valence-corrected chi connectivity index (χ3v) is 9.72. The minimum Gasteiger partial charge on any atom is -0.363 e. The van der Waals surface area contributed by atoms with Crippen molar-refractivity contribution in [2.24, 2.45) is 5.92 Å². The summed E-state index contributed by atoms with van der Waals surface area (Å²) in [5, 5.41) is 2.42. The SMILES string of the molecule is Cc1ccc(C2=CC(c3ccccc3)=CC3(C2C(=O)c2ccccc2)N(C)c2c(ccc4ccccc24)C3(C)C)cc1. The Morgan fingerprint density at radius 2 is 1.36 bits per heavy atom. The summed E-state index contributed by atoms with van der Waals surface area (Å²) < 4.78 is 0. The average molecular weight is 546 g/mol. The molecule has 5 aromatic carbocycles. The van der Waals surface area contributed by atoms with E-state index in [9.17, 15) is 0 Å². The first-order valence-corrected chi connectivity index (χ1v) is 14.8. The molecule has 0 radical (unpaired) electrons. The highest BCUT2D eigenvalue weighted by Crippen LogP contribution is 2.61. The molecular formula is C40H35NO. The van der Waals surface area contributed by atoms with E-state index in [1.165, 1.54) is 27.6 Å². The van der Waals surface area contributed by atoms with Crippen molar-refractivity contribution < 1.29 is 4.79 Å². The molecule has 206 valence electrons. The molecule has 1 heterocycles. The topological polar surface area (TPSA) is 20.3 Å². The molecular weight excluding hydrogens is 510 g/mol. The van der Waals surface area contributed by atoms with Gasteiger partial charge in [0.15, 0.2) is 5.78 Å². The third kappa shape index (κ3) is 3.75. The lowest BCUT2D eigenvalue weighted by atomic mass is 9.57. The molecule has 2 heteroatoms. The number of hydrogen-bond donors (Lipinski definition) is 0. The van der Waals surface area contributed by atoms with Crippen molar-refractivity contribution in [3.05, 3.63) is 161 Å². The van der Waals surface area contributed by atoms with Crippen molar-refractivity contribution in [1.29, 1.82) is 0 Å². The van der Waals surface area contributed by atoms with E-state index >= 15 is 4.79 Å². The predicted octanol–water partition coefficient (Wildman–Crippen LogP) is 9.29. The maximum Gasteiger partial charge on any atom is 0.173 e. The molecule has 2 nitrogen and oxygen atoms in total. The second-order valence-corrected chi connectivity index (χ2v) is 12.3. The van der Waals surface area contributed by atoms with Crippen molar-refractivity contribution in [2.45, 2.75) is 31.7 Å². The molecule has 5 aromatic rings. The average Bonchev–Trinajstić information content (AvgIpc) is 3.19. The van der Waals surface area contributed by atoms with Crippen molar-refractivity contribution >= 4 is 33.4 Å². The van der Waals surface area contributed by atoms with Gasteiger partial charge in [0.25, 0.3) is 0 Å². The molecule has 0 amide bonds. The van der Waals surface area contributed by atoms with Gasteiger partial charge in [0.05, 0.1) is 11.5 Å². The molecule has 0 bridgehead atoms. The number of hydrogen-bond acceptors (Lipinski definition) is 2. The second-order valence-electron chi connectivity index (χ2n) is 12.3. The first-order valence-electron chi connectivity index (χ1n) is 14.8. The van der Waals surface area contributed by atoms with Crippen LogP contribution in [0.25, 0.3) is 21.9 Å². The first kappa shape index (κ1) is 26.2. The fourth-order valence-corrected chi connectivity index (χ4v) is 7.53. The summed E-state index contributed by atoms with van der Waals surface area (Å²) in [7, 11) is 2.20. The maximum atomic E-state index is 15.0. The van der Waals surface area contributed by atoms with E-state index < -0.39 is 16.9 Å². The Hall–Kier alpha value is -4.69. The van der Waals surface area contributed by atoms with Gasteiger partial charge in [-0.05, 0) is 52.3 Å². The number of allylic oxidation sites excluding steroid dienone is 2. The molecule has 0 saturated heterocycles. The molecule has 7 rings (SSSR count). The smallest absolute Gasteiger partial charge is 0.173 e. The van der Waals surface area contributed by atoms with E-state index in [1.807, 2.05) is 30.3 Å². The van der Waals surface area contributed by atoms with Crippen LogP contribution in [-0.4, -0.2) is 18.4 Å². The van der Waals surface area contributed by atoms with Crippen LogP contribution >= 0.6 is 0 Å². The molecule has 0 aromatic heterocycles. The number of carbonyl (C=O) groups is 1. The van der Waals surface area contributed by atoms with Crippen LogP contribution in [0.5, 0.6) is 0 Å². The second kappa shape index (κ2) is 9.70. The van der Waals surface area contributed by atoms with Gasteiger partial charge in [-0.15, -0.1) is 0 Å². The third-order valence-electron chi connectivity index (χ3n) is 9.72. The fourth-order valence-electron chi connectivity index (χ4n) is 7.53. The minimum atomic E-state index is -0.674. The first-order chi connectivity index (χ1) is 20.3. The number of nitrogens with zero attached hydrogens (tertiary/aromatic N) is 1. The summed E-state index contributed by atoms with van der Waals surface area (Å²) in [4.78, 5) is 17.4. The van der Waals surface area contributed by atoms with E-state index in [2.05, 4.69) is 136 Å². The minimum absolute atomic E-state index is 0.142. The number of Topliss-reactive ketones (excluding diaryl/α,β-unsaturated/α-hetero) is 1. The van der Waals surface area contributed by atoms with Gasteiger partial charge in [-0.3, -0.25) is 4.79 Å². The predicted molar refractivity (Wildman–Crippen MR) is 176 cm³/mol. The van der Waals surface area contributed by atoms with Gasteiger partial charge < -0.3 is 4.90 Å². The maximum absolute atomic E-state index is 15.0. The molecule has 2 aliphatic rings. The number of likely N-dealkylation sites (N-methyl/N-ethyl adjacent to an activating group) is 1. The number of carbonyl (C=O) groups excluding carboxylic acids is 1. The molecule has 2 unspecified atom stereocenters. The Balaban J connectivity index is 1.57. The zero-order chi connectivity index (χ0) is 29.1. The monoisotopic (exact) mass is 545 g/mol. The lowest BCUT2D eigenvalue weighted by molar-refractivity contribution is 0.0885. The molecule has 1 aliphatic heterocycles. The molecule has 2 atom stereocenters. The fraction of sp³-hybridized carbons (Fsp3) is 0.175. The van der Waals surface area contributed by atoms with Crippen molar-refractivity contribution in [2.75, 3.05) is 11.9 Å². The van der Waals surface area contributed by atoms with Gasteiger partial charge in [0.2, 0.25) is 0 Å². The number of anilines is 1. The van der Waals surface area contributed by atoms with Crippen LogP contribution in [0.1, 0.15) is 46.5 Å². The molecule has 42 heavy (non-hydrogen) atoms. The summed E-state index contributed by atoms with van der Waals surface area (Å²) in [5.74, 6) is -0.302. The van der Waals surface area contributed by atoms with E-state index in [4.69, 9.17) is 0 Å². The van der Waals surface area contributed by atoms with Crippen molar-refractivity contribution in [3.63, 3.8) is 0 Å². The van der Waals surface area contributed by atoms with E-state index in [1.54, 1.807) is 0 Å². The highest BCUT2D eigenvalue weighted by atomic mass is 16.1. The lowest BCUT2D eigenvalue weighted by Crippen LogP contribution is -2.61. The summed E-state index contributed by atoms with van der Waals surface area (Å²) in [6.45, 7) is 6.76. The van der Waals surface area contributed by atoms with E-state index in [0.717, 1.165) is 27.8 Å². The summed E-state index contributed by atoms with van der Waals surface area (Å²) in [5.41, 5.74) is 7.77. The normalized spacial score (nSPS) is 20.8. The van der Waals surface area contributed by atoms with Gasteiger partial charge >= 0.3 is 0 Å². The Kier molecular flexibility index (Phi) is 6.06.